The summed E-state index contributed by atoms with van der Waals surface area (Å²) in [4.78, 5) is 0. The Morgan fingerprint density at radius 1 is 1.20 bits per heavy atom. The van der Waals surface area contributed by atoms with Gasteiger partial charge in [0.05, 0.1) is 8.07 Å². The van der Waals surface area contributed by atoms with Crippen LogP contribution in [-0.2, 0) is 0 Å². The molecule has 0 heterocycles. The van der Waals surface area contributed by atoms with Crippen molar-refractivity contribution in [1.82, 2.24) is 5.32 Å². The lowest BCUT2D eigenvalue weighted by Crippen LogP contribution is -2.47. The highest BCUT2D eigenvalue weighted by molar-refractivity contribution is 6.80. The third kappa shape index (κ3) is 5.13. The van der Waals surface area contributed by atoms with Gasteiger partial charge in [-0.2, -0.15) is 0 Å². The molecule has 15 heavy (non-hydrogen) atoms. The molecule has 0 fully saturated rings. The molecule has 0 saturated carbocycles. The fourth-order valence-electron chi connectivity index (χ4n) is 1.00. The van der Waals surface area contributed by atoms with Crippen molar-refractivity contribution in [2.75, 3.05) is 12.7 Å². The van der Waals surface area contributed by atoms with E-state index in [9.17, 15) is 0 Å². The molecule has 0 spiro atoms. The number of nitrogens with one attached hydrogen (secondary N) is 1. The number of rotatable bonds is 4. The van der Waals surface area contributed by atoms with E-state index in [4.69, 9.17) is 0 Å². The number of allylic oxidation sites excluding steroid dienone is 1. The van der Waals surface area contributed by atoms with E-state index in [-0.39, 0.29) is 0 Å². The SMILES string of the molecule is CC([SiH3])=C(C)CNC[Si](C)(C)C(C)(C)C. The summed E-state index contributed by atoms with van der Waals surface area (Å²) in [7, 11) is 0.0720. The third-order valence-electron chi connectivity index (χ3n) is 3.84. The Labute approximate surface area is 100 Å². The number of hydrogen-bond acceptors (Lipinski definition) is 1. The van der Waals surface area contributed by atoms with Gasteiger partial charge in [0.15, 0.2) is 0 Å². The van der Waals surface area contributed by atoms with Crippen molar-refractivity contribution in [3.8, 4) is 0 Å². The van der Waals surface area contributed by atoms with Crippen LogP contribution in [-0.4, -0.2) is 31.0 Å². The molecule has 1 N–H and O–H groups in total. The summed E-state index contributed by atoms with van der Waals surface area (Å²) >= 11 is 0. The lowest BCUT2D eigenvalue weighted by molar-refractivity contribution is 0.694. The van der Waals surface area contributed by atoms with Crippen LogP contribution in [0.3, 0.4) is 0 Å². The molecule has 0 radical (unpaired) electrons. The molecule has 90 valence electrons. The quantitative estimate of drug-likeness (QED) is 0.747. The maximum absolute atomic E-state index is 3.64. The molecule has 1 nitrogen and oxygen atoms in total. The monoisotopic (exact) mass is 243 g/mol. The fourth-order valence-corrected chi connectivity index (χ4v) is 2.46. The van der Waals surface area contributed by atoms with Gasteiger partial charge in [0, 0.05) is 16.8 Å². The largest absolute Gasteiger partial charge is 0.316 e. The zero-order valence-corrected chi connectivity index (χ0v) is 14.9. The highest BCUT2D eigenvalue weighted by Gasteiger charge is 2.34. The van der Waals surface area contributed by atoms with Gasteiger partial charge in [0.1, 0.15) is 0 Å². The van der Waals surface area contributed by atoms with Crippen LogP contribution in [0.2, 0.25) is 18.1 Å². The van der Waals surface area contributed by atoms with Crippen LogP contribution in [0, 0.1) is 0 Å². The third-order valence-corrected chi connectivity index (χ3v) is 9.89. The van der Waals surface area contributed by atoms with Crippen molar-refractivity contribution in [2.24, 2.45) is 0 Å². The molecule has 0 unspecified atom stereocenters. The first-order valence-corrected chi connectivity index (χ1v) is 10.1. The van der Waals surface area contributed by atoms with Crippen LogP contribution in [0.1, 0.15) is 34.6 Å². The topological polar surface area (TPSA) is 12.0 Å². The van der Waals surface area contributed by atoms with E-state index in [0.717, 1.165) is 6.54 Å². The van der Waals surface area contributed by atoms with Gasteiger partial charge in [-0.05, 0) is 25.1 Å². The minimum absolute atomic E-state index is 0.494. The molecule has 0 aromatic carbocycles. The molecule has 0 aromatic rings. The van der Waals surface area contributed by atoms with E-state index in [2.05, 4.69) is 53.0 Å². The average Bonchev–Trinajstić information content (AvgIpc) is 2.01. The van der Waals surface area contributed by atoms with Gasteiger partial charge >= 0.3 is 0 Å². The summed E-state index contributed by atoms with van der Waals surface area (Å²) in [5.74, 6) is 0. The summed E-state index contributed by atoms with van der Waals surface area (Å²) in [5, 5.41) is 5.71. The highest BCUT2D eigenvalue weighted by Crippen LogP contribution is 2.35. The van der Waals surface area contributed by atoms with Gasteiger partial charge in [-0.1, -0.05) is 44.6 Å². The van der Waals surface area contributed by atoms with Crippen LogP contribution < -0.4 is 5.32 Å². The van der Waals surface area contributed by atoms with E-state index in [1.165, 1.54) is 16.4 Å². The Kier molecular flexibility index (Phi) is 5.51. The Morgan fingerprint density at radius 2 is 1.67 bits per heavy atom. The summed E-state index contributed by atoms with van der Waals surface area (Å²) in [6.45, 7) is 17.7. The molecule has 0 atom stereocenters. The van der Waals surface area contributed by atoms with Crippen molar-refractivity contribution in [3.63, 3.8) is 0 Å². The highest BCUT2D eigenvalue weighted by atomic mass is 28.3. The lowest BCUT2D eigenvalue weighted by atomic mass is 10.2. The Balaban J connectivity index is 4.14. The first-order chi connectivity index (χ1) is 6.58. The van der Waals surface area contributed by atoms with E-state index in [1.54, 1.807) is 10.8 Å². The number of hydrogen-bond donors (Lipinski definition) is 1. The van der Waals surface area contributed by atoms with Gasteiger partial charge in [-0.3, -0.25) is 0 Å². The van der Waals surface area contributed by atoms with Crippen LogP contribution in [0.4, 0.5) is 0 Å². The van der Waals surface area contributed by atoms with Crippen molar-refractivity contribution in [2.45, 2.75) is 52.8 Å². The van der Waals surface area contributed by atoms with Gasteiger partial charge < -0.3 is 5.32 Å². The zero-order valence-electron chi connectivity index (χ0n) is 11.9. The molecule has 0 aliphatic heterocycles. The normalized spacial score (nSPS) is 15.4. The molecule has 0 aliphatic carbocycles. The van der Waals surface area contributed by atoms with Crippen molar-refractivity contribution < 1.29 is 0 Å². The zero-order chi connectivity index (χ0) is 12.3. The first-order valence-electron chi connectivity index (χ1n) is 5.91. The first kappa shape index (κ1) is 15.1. The Bertz CT molecular complexity index is 232. The van der Waals surface area contributed by atoms with Crippen LogP contribution >= 0.6 is 0 Å². The van der Waals surface area contributed by atoms with Crippen LogP contribution in [0.25, 0.3) is 0 Å². The maximum atomic E-state index is 3.64. The molecule has 0 aromatic heterocycles. The molecule has 0 rings (SSSR count). The molecule has 0 amide bonds. The molecule has 0 bridgehead atoms. The fraction of sp³-hybridized carbons (Fsp3) is 0.833. The predicted octanol–water partition coefficient (Wildman–Crippen LogP) is 2.28. The van der Waals surface area contributed by atoms with E-state index < -0.39 is 8.07 Å². The van der Waals surface area contributed by atoms with Gasteiger partial charge in [-0.25, -0.2) is 0 Å². The second kappa shape index (κ2) is 5.46. The van der Waals surface area contributed by atoms with E-state index >= 15 is 0 Å². The summed E-state index contributed by atoms with van der Waals surface area (Å²) in [6.07, 6.45) is 1.22. The minimum Gasteiger partial charge on any atom is -0.316 e. The van der Waals surface area contributed by atoms with Crippen LogP contribution in [0.5, 0.6) is 0 Å². The standard InChI is InChI=1S/C12H29NSi2/c1-10(11(2)14)8-13-9-15(6,7)12(3,4)5/h13H,8-9H2,1-7,14H3. The maximum Gasteiger partial charge on any atom is 0.0679 e. The van der Waals surface area contributed by atoms with Gasteiger partial charge in [0.2, 0.25) is 0 Å². The van der Waals surface area contributed by atoms with Crippen LogP contribution in [0.15, 0.2) is 10.8 Å². The van der Waals surface area contributed by atoms with Crippen molar-refractivity contribution in [1.29, 1.82) is 0 Å². The minimum atomic E-state index is -1.13. The van der Waals surface area contributed by atoms with Gasteiger partial charge in [-0.15, -0.1) is 0 Å². The smallest absolute Gasteiger partial charge is 0.0679 e. The Morgan fingerprint density at radius 3 is 2.00 bits per heavy atom. The molecule has 0 aliphatic rings. The summed E-state index contributed by atoms with van der Waals surface area (Å²) in [6, 6.07) is 0. The molecular formula is C12H29NSi2. The predicted molar refractivity (Wildman–Crippen MR) is 78.4 cm³/mol. The molecule has 3 heteroatoms. The second-order valence-corrected chi connectivity index (χ2v) is 13.6. The Hall–Kier alpha value is 0.134. The summed E-state index contributed by atoms with van der Waals surface area (Å²) in [5.41, 5.74) is 1.54. The van der Waals surface area contributed by atoms with Crippen molar-refractivity contribution >= 4 is 18.3 Å². The molecular weight excluding hydrogens is 214 g/mol. The van der Waals surface area contributed by atoms with E-state index in [1.807, 2.05) is 0 Å². The van der Waals surface area contributed by atoms with E-state index in [0.29, 0.717) is 5.04 Å². The lowest BCUT2D eigenvalue weighted by Gasteiger charge is -2.37. The second-order valence-electron chi connectivity index (χ2n) is 6.52. The average molecular weight is 244 g/mol. The summed E-state index contributed by atoms with van der Waals surface area (Å²) < 4.78 is 0. The van der Waals surface area contributed by atoms with Gasteiger partial charge in [0.25, 0.3) is 0 Å². The van der Waals surface area contributed by atoms with Crippen molar-refractivity contribution in [3.05, 3.63) is 10.8 Å². The molecule has 0 saturated heterocycles.